The second kappa shape index (κ2) is 8.13. The van der Waals surface area contributed by atoms with Crippen molar-refractivity contribution < 1.29 is 14.0 Å². The summed E-state index contributed by atoms with van der Waals surface area (Å²) in [6.45, 7) is -0.145. The van der Waals surface area contributed by atoms with Gasteiger partial charge in [0.05, 0.1) is 12.1 Å². The van der Waals surface area contributed by atoms with Gasteiger partial charge in [0.1, 0.15) is 11.5 Å². The molecule has 3 aromatic carbocycles. The molecule has 0 saturated heterocycles. The molecule has 1 aliphatic rings. The number of anilines is 1. The molecule has 0 fully saturated rings. The van der Waals surface area contributed by atoms with E-state index >= 15 is 0 Å². The zero-order valence-corrected chi connectivity index (χ0v) is 16.9. The van der Waals surface area contributed by atoms with Gasteiger partial charge in [-0.05, 0) is 35.9 Å². The van der Waals surface area contributed by atoms with Gasteiger partial charge >= 0.3 is 0 Å². The number of rotatable bonds is 5. The fourth-order valence-corrected chi connectivity index (χ4v) is 3.60. The van der Waals surface area contributed by atoms with Crippen molar-refractivity contribution >= 4 is 34.7 Å². The molecule has 0 aliphatic carbocycles. The fraction of sp³-hybridized carbons (Fsp3) is 0.0833. The molecule has 4 nitrogen and oxygen atoms in total. The molecule has 4 rings (SSSR count). The van der Waals surface area contributed by atoms with Crippen LogP contribution in [0.15, 0.2) is 84.6 Å². The quantitative estimate of drug-likeness (QED) is 0.551. The molecule has 6 heteroatoms. The summed E-state index contributed by atoms with van der Waals surface area (Å²) in [4.78, 5) is 29.4. The second-order valence-electron chi connectivity index (χ2n) is 6.91. The maximum Gasteiger partial charge on any atom is 0.278 e. The van der Waals surface area contributed by atoms with Crippen molar-refractivity contribution in [1.29, 1.82) is 0 Å². The molecule has 150 valence electrons. The van der Waals surface area contributed by atoms with E-state index in [9.17, 15) is 14.0 Å². The number of likely N-dealkylation sites (N-methyl/N-ethyl adjacent to an activating group) is 1. The van der Waals surface area contributed by atoms with E-state index in [-0.39, 0.29) is 23.4 Å². The average Bonchev–Trinajstić information content (AvgIpc) is 3.00. The number of halogens is 2. The van der Waals surface area contributed by atoms with E-state index in [2.05, 4.69) is 0 Å². The summed E-state index contributed by atoms with van der Waals surface area (Å²) >= 11 is 6.00. The molecule has 0 bridgehead atoms. The molecule has 0 radical (unpaired) electrons. The first-order valence-electron chi connectivity index (χ1n) is 9.36. The van der Waals surface area contributed by atoms with Gasteiger partial charge in [0, 0.05) is 23.3 Å². The molecule has 0 N–H and O–H groups in total. The summed E-state index contributed by atoms with van der Waals surface area (Å²) < 4.78 is 14.2. The van der Waals surface area contributed by atoms with Crippen molar-refractivity contribution in [2.24, 2.45) is 0 Å². The minimum Gasteiger partial charge on any atom is -0.339 e. The van der Waals surface area contributed by atoms with Crippen LogP contribution < -0.4 is 4.90 Å². The van der Waals surface area contributed by atoms with Crippen LogP contribution in [0.4, 0.5) is 10.1 Å². The minimum atomic E-state index is -0.473. The van der Waals surface area contributed by atoms with E-state index in [1.807, 2.05) is 30.3 Å². The van der Waals surface area contributed by atoms with E-state index in [1.165, 1.54) is 6.07 Å². The highest BCUT2D eigenvalue weighted by Crippen LogP contribution is 2.34. The number of nitrogens with zero attached hydrogens (tertiary/aromatic N) is 2. The first-order chi connectivity index (χ1) is 14.5. The van der Waals surface area contributed by atoms with E-state index in [1.54, 1.807) is 54.4 Å². The third-order valence-electron chi connectivity index (χ3n) is 5.04. The number of imide groups is 1. The highest BCUT2D eigenvalue weighted by Gasteiger charge is 2.41. The number of hydrogen-bond donors (Lipinski definition) is 0. The van der Waals surface area contributed by atoms with Crippen LogP contribution in [-0.2, 0) is 16.1 Å². The van der Waals surface area contributed by atoms with Crippen molar-refractivity contribution in [2.45, 2.75) is 6.54 Å². The molecular weight excluding hydrogens is 403 g/mol. The smallest absolute Gasteiger partial charge is 0.278 e. The Labute approximate surface area is 178 Å². The average molecular weight is 421 g/mol. The zero-order valence-electron chi connectivity index (χ0n) is 16.2. The van der Waals surface area contributed by atoms with Crippen molar-refractivity contribution in [3.63, 3.8) is 0 Å². The van der Waals surface area contributed by atoms with Crippen LogP contribution >= 0.6 is 11.6 Å². The second-order valence-corrected chi connectivity index (χ2v) is 7.35. The highest BCUT2D eigenvalue weighted by molar-refractivity contribution is 6.37. The zero-order chi connectivity index (χ0) is 21.3. The molecule has 2 amide bonds. The number of amides is 2. The lowest BCUT2D eigenvalue weighted by atomic mass is 10.0. The lowest BCUT2D eigenvalue weighted by Gasteiger charge is -2.21. The Hall–Kier alpha value is -3.44. The predicted molar refractivity (Wildman–Crippen MR) is 115 cm³/mol. The van der Waals surface area contributed by atoms with Gasteiger partial charge in [-0.1, -0.05) is 60.1 Å². The summed E-state index contributed by atoms with van der Waals surface area (Å²) in [5, 5.41) is 0.525. The standard InChI is InChI=1S/C24H18ClFN2O2/c1-27(19-8-3-2-4-9-19)22-21(16-11-13-18(25)14-12-16)23(29)28(24(22)30)15-17-7-5-6-10-20(17)26/h2-14H,15H2,1H3. The van der Waals surface area contributed by atoms with E-state index < -0.39 is 17.6 Å². The Morgan fingerprint density at radius 1 is 0.867 bits per heavy atom. The van der Waals surface area contributed by atoms with Crippen LogP contribution in [0.1, 0.15) is 11.1 Å². The lowest BCUT2D eigenvalue weighted by molar-refractivity contribution is -0.137. The van der Waals surface area contributed by atoms with Gasteiger partial charge < -0.3 is 4.90 Å². The van der Waals surface area contributed by atoms with Gasteiger partial charge in [0.15, 0.2) is 0 Å². The monoisotopic (exact) mass is 420 g/mol. The SMILES string of the molecule is CN(C1=C(c2ccc(Cl)cc2)C(=O)N(Cc2ccccc2F)C1=O)c1ccccc1. The highest BCUT2D eigenvalue weighted by atomic mass is 35.5. The van der Waals surface area contributed by atoms with Crippen LogP contribution in [0.3, 0.4) is 0 Å². The van der Waals surface area contributed by atoms with Crippen molar-refractivity contribution in [1.82, 2.24) is 4.90 Å². The molecule has 0 unspecified atom stereocenters. The Kier molecular flexibility index (Phi) is 5.38. The molecule has 0 spiro atoms. The van der Waals surface area contributed by atoms with Crippen molar-refractivity contribution in [3.05, 3.63) is 107 Å². The maximum absolute atomic E-state index is 14.2. The number of carbonyl (C=O) groups is 2. The number of para-hydroxylation sites is 1. The summed E-state index contributed by atoms with van der Waals surface area (Å²) in [7, 11) is 1.73. The van der Waals surface area contributed by atoms with Gasteiger partial charge in [0.25, 0.3) is 11.8 Å². The first-order valence-corrected chi connectivity index (χ1v) is 9.74. The molecule has 1 aliphatic heterocycles. The van der Waals surface area contributed by atoms with Crippen molar-refractivity contribution in [3.8, 4) is 0 Å². The Morgan fingerprint density at radius 2 is 1.50 bits per heavy atom. The van der Waals surface area contributed by atoms with Crippen LogP contribution in [0, 0.1) is 5.82 Å². The summed E-state index contributed by atoms with van der Waals surface area (Å²) in [6.07, 6.45) is 0. The first kappa shape index (κ1) is 19.9. The maximum atomic E-state index is 14.2. The third kappa shape index (κ3) is 3.60. The Balaban J connectivity index is 1.80. The number of benzene rings is 3. The van der Waals surface area contributed by atoms with E-state index in [4.69, 9.17) is 11.6 Å². The minimum absolute atomic E-state index is 0.145. The molecule has 0 aromatic heterocycles. The fourth-order valence-electron chi connectivity index (χ4n) is 3.47. The number of carbonyl (C=O) groups excluding carboxylic acids is 2. The normalized spacial score (nSPS) is 13.9. The topological polar surface area (TPSA) is 40.6 Å². The van der Waals surface area contributed by atoms with Gasteiger partial charge in [0.2, 0.25) is 0 Å². The Morgan fingerprint density at radius 3 is 2.17 bits per heavy atom. The van der Waals surface area contributed by atoms with Gasteiger partial charge in [-0.3, -0.25) is 14.5 Å². The van der Waals surface area contributed by atoms with Crippen LogP contribution in [0.5, 0.6) is 0 Å². The van der Waals surface area contributed by atoms with Crippen molar-refractivity contribution in [2.75, 3.05) is 11.9 Å². The van der Waals surface area contributed by atoms with E-state index in [0.717, 1.165) is 10.6 Å². The van der Waals surface area contributed by atoms with Gasteiger partial charge in [-0.15, -0.1) is 0 Å². The molecule has 30 heavy (non-hydrogen) atoms. The number of hydrogen-bond acceptors (Lipinski definition) is 3. The molecular formula is C24H18ClFN2O2. The molecule has 0 atom stereocenters. The third-order valence-corrected chi connectivity index (χ3v) is 5.29. The van der Waals surface area contributed by atoms with E-state index in [0.29, 0.717) is 10.6 Å². The van der Waals surface area contributed by atoms with Gasteiger partial charge in [-0.25, -0.2) is 4.39 Å². The lowest BCUT2D eigenvalue weighted by Crippen LogP contribution is -2.34. The summed E-state index contributed by atoms with van der Waals surface area (Å²) in [5.74, 6) is -1.40. The van der Waals surface area contributed by atoms with Crippen LogP contribution in [0.2, 0.25) is 5.02 Å². The molecule has 1 heterocycles. The predicted octanol–water partition coefficient (Wildman–Crippen LogP) is 4.90. The van der Waals surface area contributed by atoms with Crippen LogP contribution in [0.25, 0.3) is 5.57 Å². The molecule has 0 saturated carbocycles. The summed E-state index contributed by atoms with van der Waals surface area (Å²) in [5.41, 5.74) is 2.11. The van der Waals surface area contributed by atoms with Crippen LogP contribution in [-0.4, -0.2) is 23.8 Å². The largest absolute Gasteiger partial charge is 0.339 e. The Bertz CT molecular complexity index is 1140. The summed E-state index contributed by atoms with van der Waals surface area (Å²) in [6, 6.07) is 22.1. The van der Waals surface area contributed by atoms with Gasteiger partial charge in [-0.2, -0.15) is 0 Å². The molecule has 3 aromatic rings.